The number of allylic oxidation sites excluding steroid dienone is 2. The van der Waals surface area contributed by atoms with Gasteiger partial charge in [-0.3, -0.25) is 0 Å². The molecule has 0 spiro atoms. The summed E-state index contributed by atoms with van der Waals surface area (Å²) in [7, 11) is 1.44. The van der Waals surface area contributed by atoms with Crippen LogP contribution in [0.3, 0.4) is 0 Å². The zero-order valence-electron chi connectivity index (χ0n) is 8.45. The molecule has 1 amide bonds. The molecular weight excluding hydrogens is 178 g/mol. The quantitative estimate of drug-likeness (QED) is 0.551. The minimum atomic E-state index is -0.203. The number of carbonyl (C=O) groups is 1. The summed E-state index contributed by atoms with van der Waals surface area (Å²) in [5.41, 5.74) is 2.93. The first kappa shape index (κ1) is 9.31. The third-order valence-electron chi connectivity index (χ3n) is 2.89. The summed E-state index contributed by atoms with van der Waals surface area (Å²) in [5, 5.41) is 0. The van der Waals surface area contributed by atoms with Gasteiger partial charge in [-0.1, -0.05) is 17.7 Å². The third kappa shape index (κ3) is 1.67. The summed E-state index contributed by atoms with van der Waals surface area (Å²) in [6.45, 7) is 1.56. The molecule has 0 unspecified atom stereocenters. The van der Waals surface area contributed by atoms with Crippen LogP contribution in [0.4, 0.5) is 4.79 Å². The van der Waals surface area contributed by atoms with Gasteiger partial charge in [0.2, 0.25) is 0 Å². The van der Waals surface area contributed by atoms with Crippen molar-refractivity contribution in [3.8, 4) is 0 Å². The minimum absolute atomic E-state index is 0.203. The first-order valence-corrected chi connectivity index (χ1v) is 4.99. The van der Waals surface area contributed by atoms with Crippen LogP contribution in [-0.2, 0) is 4.74 Å². The Bertz CT molecular complexity index is 304. The minimum Gasteiger partial charge on any atom is -0.453 e. The second-order valence-electron chi connectivity index (χ2n) is 3.73. The number of amides is 1. The Hall–Kier alpha value is -1.25. The molecule has 0 N–H and O–H groups in total. The second kappa shape index (κ2) is 3.86. The van der Waals surface area contributed by atoms with Gasteiger partial charge in [0.25, 0.3) is 0 Å². The highest BCUT2D eigenvalue weighted by molar-refractivity contribution is 5.68. The zero-order chi connectivity index (χ0) is 9.97. The third-order valence-corrected chi connectivity index (χ3v) is 2.89. The van der Waals surface area contributed by atoms with Crippen molar-refractivity contribution in [2.45, 2.75) is 19.3 Å². The summed E-state index contributed by atoms with van der Waals surface area (Å²) in [5.74, 6) is 0. The topological polar surface area (TPSA) is 29.5 Å². The fourth-order valence-corrected chi connectivity index (χ4v) is 2.06. The average molecular weight is 193 g/mol. The first-order valence-electron chi connectivity index (χ1n) is 4.99. The number of methoxy groups -OCH3 is 1. The Kier molecular flexibility index (Phi) is 2.57. The van der Waals surface area contributed by atoms with E-state index in [0.717, 1.165) is 32.4 Å². The van der Waals surface area contributed by atoms with E-state index in [1.54, 1.807) is 4.90 Å². The average Bonchev–Trinajstić information content (AvgIpc) is 2.27. The van der Waals surface area contributed by atoms with Crippen molar-refractivity contribution in [3.63, 3.8) is 0 Å². The van der Waals surface area contributed by atoms with Crippen LogP contribution >= 0.6 is 0 Å². The van der Waals surface area contributed by atoms with Crippen LogP contribution < -0.4 is 0 Å². The molecule has 2 aliphatic rings. The van der Waals surface area contributed by atoms with Crippen LogP contribution in [0.2, 0.25) is 0 Å². The standard InChI is InChI=1S/C11H15NO2/c1-14-11(13)12-7-6-9-4-2-3-5-10(9)8-12/h2-3H,4-8H2,1H3. The van der Waals surface area contributed by atoms with Gasteiger partial charge in [0.15, 0.2) is 0 Å². The lowest BCUT2D eigenvalue weighted by molar-refractivity contribution is 0.125. The molecule has 3 heteroatoms. The van der Waals surface area contributed by atoms with Crippen molar-refractivity contribution in [2.24, 2.45) is 0 Å². The van der Waals surface area contributed by atoms with Crippen LogP contribution in [0.25, 0.3) is 0 Å². The number of rotatable bonds is 0. The largest absolute Gasteiger partial charge is 0.453 e. The predicted octanol–water partition coefficient (Wildman–Crippen LogP) is 2.11. The Morgan fingerprint density at radius 3 is 2.79 bits per heavy atom. The number of nitrogens with zero attached hydrogens (tertiary/aromatic N) is 1. The number of hydrogen-bond donors (Lipinski definition) is 0. The van der Waals surface area contributed by atoms with E-state index in [-0.39, 0.29) is 6.09 Å². The molecule has 0 bridgehead atoms. The molecular formula is C11H15NO2. The summed E-state index contributed by atoms with van der Waals surface area (Å²) in [6.07, 6.45) is 7.28. The van der Waals surface area contributed by atoms with Crippen LogP contribution in [0.1, 0.15) is 19.3 Å². The highest BCUT2D eigenvalue weighted by Gasteiger charge is 2.22. The highest BCUT2D eigenvalue weighted by Crippen LogP contribution is 2.27. The van der Waals surface area contributed by atoms with Crippen LogP contribution in [-0.4, -0.2) is 31.2 Å². The Labute approximate surface area is 84.0 Å². The molecule has 76 valence electrons. The Balaban J connectivity index is 2.05. The van der Waals surface area contributed by atoms with Crippen LogP contribution in [0.5, 0.6) is 0 Å². The highest BCUT2D eigenvalue weighted by atomic mass is 16.5. The lowest BCUT2D eigenvalue weighted by atomic mass is 9.91. The molecule has 0 aromatic heterocycles. The van der Waals surface area contributed by atoms with Gasteiger partial charge < -0.3 is 9.64 Å². The smallest absolute Gasteiger partial charge is 0.409 e. The van der Waals surface area contributed by atoms with Gasteiger partial charge in [0.05, 0.1) is 7.11 Å². The number of ether oxygens (including phenoxy) is 1. The van der Waals surface area contributed by atoms with Crippen LogP contribution in [0, 0.1) is 0 Å². The van der Waals surface area contributed by atoms with Gasteiger partial charge in [0.1, 0.15) is 0 Å². The molecule has 0 saturated carbocycles. The monoisotopic (exact) mass is 193 g/mol. The Morgan fingerprint density at radius 1 is 1.36 bits per heavy atom. The van der Waals surface area contributed by atoms with Crippen molar-refractivity contribution in [3.05, 3.63) is 23.3 Å². The van der Waals surface area contributed by atoms with Crippen molar-refractivity contribution < 1.29 is 9.53 Å². The maximum absolute atomic E-state index is 11.3. The molecule has 3 nitrogen and oxygen atoms in total. The van der Waals surface area contributed by atoms with Crippen molar-refractivity contribution in [1.29, 1.82) is 0 Å². The fraction of sp³-hybridized carbons (Fsp3) is 0.545. The zero-order valence-corrected chi connectivity index (χ0v) is 8.45. The number of hydrogen-bond acceptors (Lipinski definition) is 2. The van der Waals surface area contributed by atoms with Crippen molar-refractivity contribution >= 4 is 6.09 Å². The van der Waals surface area contributed by atoms with Gasteiger partial charge in [-0.05, 0) is 24.8 Å². The van der Waals surface area contributed by atoms with Crippen molar-refractivity contribution in [2.75, 3.05) is 20.2 Å². The molecule has 0 aromatic rings. The lowest BCUT2D eigenvalue weighted by Crippen LogP contribution is -2.37. The predicted molar refractivity (Wildman–Crippen MR) is 54.0 cm³/mol. The van der Waals surface area contributed by atoms with E-state index in [9.17, 15) is 4.79 Å². The maximum Gasteiger partial charge on any atom is 0.409 e. The summed E-state index contributed by atoms with van der Waals surface area (Å²) < 4.78 is 4.72. The van der Waals surface area contributed by atoms with E-state index in [4.69, 9.17) is 4.74 Å². The molecule has 14 heavy (non-hydrogen) atoms. The van der Waals surface area contributed by atoms with E-state index in [0.29, 0.717) is 0 Å². The van der Waals surface area contributed by atoms with E-state index in [1.807, 2.05) is 0 Å². The molecule has 0 atom stereocenters. The fourth-order valence-electron chi connectivity index (χ4n) is 2.06. The molecule has 1 heterocycles. The summed E-state index contributed by atoms with van der Waals surface area (Å²) >= 11 is 0. The maximum atomic E-state index is 11.3. The number of carbonyl (C=O) groups excluding carboxylic acids is 1. The molecule has 0 aromatic carbocycles. The molecule has 0 saturated heterocycles. The van der Waals surface area contributed by atoms with Crippen LogP contribution in [0.15, 0.2) is 23.3 Å². The van der Waals surface area contributed by atoms with E-state index in [2.05, 4.69) is 12.2 Å². The van der Waals surface area contributed by atoms with Gasteiger partial charge in [-0.25, -0.2) is 4.79 Å². The van der Waals surface area contributed by atoms with E-state index < -0.39 is 0 Å². The normalized spacial score (nSPS) is 20.8. The van der Waals surface area contributed by atoms with Gasteiger partial charge in [0, 0.05) is 13.1 Å². The second-order valence-corrected chi connectivity index (χ2v) is 3.73. The molecule has 0 fully saturated rings. The molecule has 0 radical (unpaired) electrons. The molecule has 1 aliphatic heterocycles. The first-order chi connectivity index (χ1) is 6.81. The summed E-state index contributed by atoms with van der Waals surface area (Å²) in [4.78, 5) is 13.1. The van der Waals surface area contributed by atoms with E-state index in [1.165, 1.54) is 18.3 Å². The van der Waals surface area contributed by atoms with Crippen molar-refractivity contribution in [1.82, 2.24) is 4.90 Å². The lowest BCUT2D eigenvalue weighted by Gasteiger charge is -2.30. The Morgan fingerprint density at radius 2 is 2.07 bits per heavy atom. The molecule has 2 rings (SSSR count). The SMILES string of the molecule is COC(=O)N1CCC2=C(CC=CC2)C1. The van der Waals surface area contributed by atoms with Gasteiger partial charge in [-0.2, -0.15) is 0 Å². The van der Waals surface area contributed by atoms with Gasteiger partial charge in [-0.15, -0.1) is 0 Å². The summed E-state index contributed by atoms with van der Waals surface area (Å²) in [6, 6.07) is 0. The van der Waals surface area contributed by atoms with E-state index >= 15 is 0 Å². The molecule has 1 aliphatic carbocycles. The van der Waals surface area contributed by atoms with Gasteiger partial charge >= 0.3 is 6.09 Å².